The number of amides is 1. The minimum Gasteiger partial charge on any atom is -0.366 e. The highest BCUT2D eigenvalue weighted by Crippen LogP contribution is 2.23. The molecule has 0 saturated carbocycles. The molecule has 190 valence electrons. The SMILES string of the molecule is Cc1ccc(C(N)=O)cc1Nc1nc(NC2CCN(Cc3cccnc3)C2)nc(N(C)CC(C)C)n1. The Morgan fingerprint density at radius 3 is 2.75 bits per heavy atom. The summed E-state index contributed by atoms with van der Waals surface area (Å²) in [5.41, 5.74) is 8.79. The summed E-state index contributed by atoms with van der Waals surface area (Å²) < 4.78 is 0. The second-order valence-corrected chi connectivity index (χ2v) is 9.80. The lowest BCUT2D eigenvalue weighted by molar-refractivity contribution is 0.100. The van der Waals surface area contributed by atoms with Crippen LogP contribution in [0.2, 0.25) is 0 Å². The van der Waals surface area contributed by atoms with Gasteiger partial charge < -0.3 is 21.3 Å². The Bertz CT molecular complexity index is 1190. The highest BCUT2D eigenvalue weighted by atomic mass is 16.1. The number of nitrogens with two attached hydrogens (primary N) is 1. The molecule has 4 N–H and O–H groups in total. The van der Waals surface area contributed by atoms with Gasteiger partial charge in [0.1, 0.15) is 0 Å². The summed E-state index contributed by atoms with van der Waals surface area (Å²) >= 11 is 0. The van der Waals surface area contributed by atoms with Gasteiger partial charge in [-0.05, 0) is 48.6 Å². The molecule has 4 rings (SSSR count). The Morgan fingerprint density at radius 1 is 1.22 bits per heavy atom. The van der Waals surface area contributed by atoms with Gasteiger partial charge >= 0.3 is 0 Å². The van der Waals surface area contributed by atoms with Crippen LogP contribution in [0.1, 0.15) is 41.8 Å². The number of aryl methyl sites for hydroxylation is 1. The monoisotopic (exact) mass is 489 g/mol. The molecule has 1 amide bonds. The lowest BCUT2D eigenvalue weighted by Gasteiger charge is -2.22. The van der Waals surface area contributed by atoms with Crippen LogP contribution in [0.3, 0.4) is 0 Å². The van der Waals surface area contributed by atoms with Crippen LogP contribution >= 0.6 is 0 Å². The third-order valence-corrected chi connectivity index (χ3v) is 6.11. The molecule has 10 heteroatoms. The molecule has 0 spiro atoms. The van der Waals surface area contributed by atoms with E-state index in [4.69, 9.17) is 10.7 Å². The lowest BCUT2D eigenvalue weighted by atomic mass is 10.1. The van der Waals surface area contributed by atoms with Gasteiger partial charge in [-0.15, -0.1) is 0 Å². The van der Waals surface area contributed by atoms with Crippen molar-refractivity contribution in [3.05, 3.63) is 59.4 Å². The third-order valence-electron chi connectivity index (χ3n) is 6.11. The standard InChI is InChI=1S/C26H35N9O/c1-17(2)14-34(4)26-32-24(29-21-9-11-35(16-21)15-19-6-5-10-28-13-19)31-25(33-26)30-22-12-20(23(27)36)8-7-18(22)3/h5-8,10,12-13,17,21H,9,11,14-16H2,1-4H3,(H2,27,36)(H2,29,30,31,32,33). The van der Waals surface area contributed by atoms with Crippen LogP contribution in [0, 0.1) is 12.8 Å². The van der Waals surface area contributed by atoms with E-state index in [9.17, 15) is 4.79 Å². The summed E-state index contributed by atoms with van der Waals surface area (Å²) in [6.07, 6.45) is 4.70. The fraction of sp³-hybridized carbons (Fsp3) is 0.423. The van der Waals surface area contributed by atoms with Crippen molar-refractivity contribution in [1.82, 2.24) is 24.8 Å². The normalized spacial score (nSPS) is 15.8. The average Bonchev–Trinajstić information content (AvgIpc) is 3.27. The molecule has 3 aromatic rings. The Balaban J connectivity index is 1.53. The molecule has 1 fully saturated rings. The van der Waals surface area contributed by atoms with Gasteiger partial charge in [0.15, 0.2) is 0 Å². The number of likely N-dealkylation sites (tertiary alicyclic amines) is 1. The van der Waals surface area contributed by atoms with Crippen LogP contribution in [0.15, 0.2) is 42.7 Å². The van der Waals surface area contributed by atoms with Crippen molar-refractivity contribution in [3.8, 4) is 0 Å². The van der Waals surface area contributed by atoms with Crippen molar-refractivity contribution in [2.24, 2.45) is 11.7 Å². The van der Waals surface area contributed by atoms with Crippen LogP contribution in [-0.2, 0) is 6.54 Å². The molecule has 1 aliphatic rings. The smallest absolute Gasteiger partial charge is 0.248 e. The fourth-order valence-corrected chi connectivity index (χ4v) is 4.34. The van der Waals surface area contributed by atoms with E-state index in [1.54, 1.807) is 18.3 Å². The van der Waals surface area contributed by atoms with Crippen LogP contribution in [0.25, 0.3) is 0 Å². The first-order valence-electron chi connectivity index (χ1n) is 12.3. The van der Waals surface area contributed by atoms with Gasteiger partial charge in [0.05, 0.1) is 0 Å². The molecule has 10 nitrogen and oxygen atoms in total. The van der Waals surface area contributed by atoms with Gasteiger partial charge in [-0.25, -0.2) is 0 Å². The van der Waals surface area contributed by atoms with Crippen molar-refractivity contribution in [2.45, 2.75) is 39.8 Å². The van der Waals surface area contributed by atoms with Gasteiger partial charge in [0.25, 0.3) is 0 Å². The molecule has 0 bridgehead atoms. The molecule has 0 aliphatic carbocycles. The maximum Gasteiger partial charge on any atom is 0.248 e. The molecule has 1 aromatic carbocycles. The van der Waals surface area contributed by atoms with Gasteiger partial charge in [-0.3, -0.25) is 14.7 Å². The largest absolute Gasteiger partial charge is 0.366 e. The average molecular weight is 490 g/mol. The Hall–Kier alpha value is -3.79. The molecule has 2 aromatic heterocycles. The summed E-state index contributed by atoms with van der Waals surface area (Å²) in [6.45, 7) is 9.82. The summed E-state index contributed by atoms with van der Waals surface area (Å²) in [5, 5.41) is 6.78. The van der Waals surface area contributed by atoms with E-state index >= 15 is 0 Å². The van der Waals surface area contributed by atoms with E-state index in [1.165, 1.54) is 5.56 Å². The Kier molecular flexibility index (Phi) is 7.94. The predicted octanol–water partition coefficient (Wildman–Crippen LogP) is 3.20. The van der Waals surface area contributed by atoms with Gasteiger partial charge in [0, 0.05) is 62.9 Å². The fourth-order valence-electron chi connectivity index (χ4n) is 4.34. The molecular formula is C26H35N9O. The Morgan fingerprint density at radius 2 is 2.03 bits per heavy atom. The highest BCUT2D eigenvalue weighted by molar-refractivity contribution is 5.94. The molecule has 1 aliphatic heterocycles. The summed E-state index contributed by atoms with van der Waals surface area (Å²) in [4.78, 5) is 34.4. The van der Waals surface area contributed by atoms with E-state index in [2.05, 4.69) is 50.4 Å². The summed E-state index contributed by atoms with van der Waals surface area (Å²) in [5.74, 6) is 1.48. The number of nitrogens with one attached hydrogen (secondary N) is 2. The number of pyridine rings is 1. The molecule has 1 atom stereocenters. The second-order valence-electron chi connectivity index (χ2n) is 9.80. The lowest BCUT2D eigenvalue weighted by Crippen LogP contribution is -2.28. The van der Waals surface area contributed by atoms with E-state index in [0.717, 1.165) is 43.9 Å². The summed E-state index contributed by atoms with van der Waals surface area (Å²) in [6, 6.07) is 9.58. The number of primary amides is 1. The van der Waals surface area contributed by atoms with Crippen LogP contribution < -0.4 is 21.3 Å². The first kappa shape index (κ1) is 25.3. The molecular weight excluding hydrogens is 454 g/mol. The van der Waals surface area contributed by atoms with Gasteiger partial charge in [-0.1, -0.05) is 26.0 Å². The van der Waals surface area contributed by atoms with Crippen molar-refractivity contribution in [1.29, 1.82) is 0 Å². The first-order valence-corrected chi connectivity index (χ1v) is 12.3. The molecule has 1 unspecified atom stereocenters. The Labute approximate surface area is 212 Å². The minimum absolute atomic E-state index is 0.222. The number of anilines is 4. The molecule has 1 saturated heterocycles. The van der Waals surface area contributed by atoms with Crippen molar-refractivity contribution >= 4 is 29.4 Å². The number of hydrogen-bond acceptors (Lipinski definition) is 9. The van der Waals surface area contributed by atoms with E-state index in [-0.39, 0.29) is 6.04 Å². The number of nitrogens with zero attached hydrogens (tertiary/aromatic N) is 6. The zero-order valence-electron chi connectivity index (χ0n) is 21.4. The number of hydrogen-bond donors (Lipinski definition) is 3. The number of rotatable bonds is 10. The van der Waals surface area contributed by atoms with Crippen molar-refractivity contribution < 1.29 is 4.79 Å². The third kappa shape index (κ3) is 6.66. The van der Waals surface area contributed by atoms with Crippen LogP contribution in [0.4, 0.5) is 23.5 Å². The van der Waals surface area contributed by atoms with Crippen molar-refractivity contribution in [3.63, 3.8) is 0 Å². The first-order chi connectivity index (χ1) is 17.3. The number of benzene rings is 1. The van der Waals surface area contributed by atoms with Gasteiger partial charge in [0.2, 0.25) is 23.8 Å². The summed E-state index contributed by atoms with van der Waals surface area (Å²) in [7, 11) is 1.98. The molecule has 3 heterocycles. The molecule has 0 radical (unpaired) electrons. The minimum atomic E-state index is -0.481. The maximum atomic E-state index is 11.7. The highest BCUT2D eigenvalue weighted by Gasteiger charge is 2.24. The topological polar surface area (TPSA) is 125 Å². The zero-order valence-corrected chi connectivity index (χ0v) is 21.4. The maximum absolute atomic E-state index is 11.7. The zero-order chi connectivity index (χ0) is 25.7. The van der Waals surface area contributed by atoms with Crippen molar-refractivity contribution in [2.75, 3.05) is 42.2 Å². The quantitative estimate of drug-likeness (QED) is 0.394. The molecule has 36 heavy (non-hydrogen) atoms. The number of carbonyl (C=O) groups excluding carboxylic acids is 1. The predicted molar refractivity (Wildman–Crippen MR) is 142 cm³/mol. The number of aromatic nitrogens is 4. The van der Waals surface area contributed by atoms with E-state index < -0.39 is 5.91 Å². The van der Waals surface area contributed by atoms with E-state index in [1.807, 2.05) is 37.2 Å². The number of carbonyl (C=O) groups is 1. The van der Waals surface area contributed by atoms with Gasteiger partial charge in [-0.2, -0.15) is 15.0 Å². The van der Waals surface area contributed by atoms with E-state index in [0.29, 0.717) is 29.3 Å². The van der Waals surface area contributed by atoms with Crippen LogP contribution in [0.5, 0.6) is 0 Å². The van der Waals surface area contributed by atoms with Crippen LogP contribution in [-0.4, -0.2) is 63.5 Å². The second kappa shape index (κ2) is 11.3.